The SMILES string of the molecule is CCCC(C)C(Br)C(C)c1ccncc1. The average molecular weight is 270 g/mol. The molecule has 84 valence electrons. The Bertz CT molecular complexity index is 273. The van der Waals surface area contributed by atoms with E-state index in [4.69, 9.17) is 0 Å². The minimum Gasteiger partial charge on any atom is -0.265 e. The Morgan fingerprint density at radius 2 is 1.87 bits per heavy atom. The highest BCUT2D eigenvalue weighted by molar-refractivity contribution is 9.09. The number of aromatic nitrogens is 1. The van der Waals surface area contributed by atoms with Gasteiger partial charge >= 0.3 is 0 Å². The van der Waals surface area contributed by atoms with Crippen LogP contribution in [-0.2, 0) is 0 Å². The first-order chi connectivity index (χ1) is 7.16. The van der Waals surface area contributed by atoms with Crippen molar-refractivity contribution in [1.29, 1.82) is 0 Å². The number of pyridine rings is 1. The van der Waals surface area contributed by atoms with Crippen molar-refractivity contribution in [3.05, 3.63) is 30.1 Å². The maximum Gasteiger partial charge on any atom is 0.0270 e. The molecule has 0 aromatic carbocycles. The lowest BCUT2D eigenvalue weighted by Crippen LogP contribution is -2.18. The van der Waals surface area contributed by atoms with Gasteiger partial charge in [0.2, 0.25) is 0 Å². The van der Waals surface area contributed by atoms with E-state index >= 15 is 0 Å². The van der Waals surface area contributed by atoms with Crippen LogP contribution in [0.15, 0.2) is 24.5 Å². The Morgan fingerprint density at radius 3 is 2.40 bits per heavy atom. The lowest BCUT2D eigenvalue weighted by Gasteiger charge is -2.24. The Hall–Kier alpha value is -0.370. The minimum absolute atomic E-state index is 0.551. The van der Waals surface area contributed by atoms with Crippen molar-refractivity contribution < 1.29 is 0 Å². The molecule has 1 aromatic heterocycles. The molecule has 1 nitrogen and oxygen atoms in total. The summed E-state index contributed by atoms with van der Waals surface area (Å²) in [5.74, 6) is 1.27. The Kier molecular flexibility index (Phi) is 5.30. The molecule has 0 saturated heterocycles. The quantitative estimate of drug-likeness (QED) is 0.723. The van der Waals surface area contributed by atoms with E-state index in [1.165, 1.54) is 18.4 Å². The fourth-order valence-corrected chi connectivity index (χ4v) is 2.53. The van der Waals surface area contributed by atoms with Crippen molar-refractivity contribution in [2.24, 2.45) is 5.92 Å². The smallest absolute Gasteiger partial charge is 0.0270 e. The normalized spacial score (nSPS) is 17.1. The third kappa shape index (κ3) is 3.60. The van der Waals surface area contributed by atoms with Gasteiger partial charge in [0.05, 0.1) is 0 Å². The van der Waals surface area contributed by atoms with E-state index in [1.54, 1.807) is 0 Å². The molecule has 2 heteroatoms. The maximum atomic E-state index is 4.05. The van der Waals surface area contributed by atoms with Crippen LogP contribution in [0.1, 0.15) is 45.1 Å². The van der Waals surface area contributed by atoms with Crippen molar-refractivity contribution in [2.75, 3.05) is 0 Å². The summed E-state index contributed by atoms with van der Waals surface area (Å²) in [7, 11) is 0. The Labute approximate surface area is 101 Å². The Morgan fingerprint density at radius 1 is 1.27 bits per heavy atom. The average Bonchev–Trinajstić information content (AvgIpc) is 2.28. The highest BCUT2D eigenvalue weighted by Gasteiger charge is 2.21. The molecule has 0 N–H and O–H groups in total. The predicted octanol–water partition coefficient (Wildman–Crippen LogP) is 4.38. The molecule has 0 aliphatic heterocycles. The van der Waals surface area contributed by atoms with Gasteiger partial charge in [-0.1, -0.05) is 43.1 Å². The first-order valence-corrected chi connectivity index (χ1v) is 6.62. The molecule has 0 aliphatic carbocycles. The number of rotatable bonds is 5. The molecule has 0 aliphatic rings. The molecule has 15 heavy (non-hydrogen) atoms. The molecule has 1 heterocycles. The molecular weight excluding hydrogens is 250 g/mol. The largest absolute Gasteiger partial charge is 0.265 e. The van der Waals surface area contributed by atoms with E-state index in [0.29, 0.717) is 10.7 Å². The van der Waals surface area contributed by atoms with Gasteiger partial charge in [-0.3, -0.25) is 4.98 Å². The van der Waals surface area contributed by atoms with Gasteiger partial charge in [0.1, 0.15) is 0 Å². The van der Waals surface area contributed by atoms with Gasteiger partial charge in [-0.2, -0.15) is 0 Å². The van der Waals surface area contributed by atoms with Gasteiger partial charge in [-0.15, -0.1) is 0 Å². The third-order valence-electron chi connectivity index (χ3n) is 3.00. The fourth-order valence-electron chi connectivity index (χ4n) is 1.96. The van der Waals surface area contributed by atoms with Crippen molar-refractivity contribution in [2.45, 2.75) is 44.4 Å². The zero-order valence-electron chi connectivity index (χ0n) is 9.78. The highest BCUT2D eigenvalue weighted by Crippen LogP contribution is 2.31. The number of hydrogen-bond donors (Lipinski definition) is 0. The van der Waals surface area contributed by atoms with Crippen LogP contribution in [0.3, 0.4) is 0 Å². The zero-order valence-corrected chi connectivity index (χ0v) is 11.4. The molecule has 0 spiro atoms. The second-order valence-electron chi connectivity index (χ2n) is 4.28. The minimum atomic E-state index is 0.551. The molecule has 0 amide bonds. The van der Waals surface area contributed by atoms with Gasteiger partial charge in [0.15, 0.2) is 0 Å². The summed E-state index contributed by atoms with van der Waals surface area (Å²) < 4.78 is 0. The Balaban J connectivity index is 2.64. The summed E-state index contributed by atoms with van der Waals surface area (Å²) in [4.78, 5) is 4.61. The van der Waals surface area contributed by atoms with Crippen molar-refractivity contribution in [3.63, 3.8) is 0 Å². The van der Waals surface area contributed by atoms with E-state index in [-0.39, 0.29) is 0 Å². The summed E-state index contributed by atoms with van der Waals surface area (Å²) in [6, 6.07) is 4.22. The zero-order chi connectivity index (χ0) is 11.3. The standard InChI is InChI=1S/C13H20BrN/c1-4-5-10(2)13(14)11(3)12-6-8-15-9-7-12/h6-11,13H,4-5H2,1-3H3. The number of nitrogens with zero attached hydrogens (tertiary/aromatic N) is 1. The van der Waals surface area contributed by atoms with Crippen LogP contribution < -0.4 is 0 Å². The first-order valence-electron chi connectivity index (χ1n) is 5.70. The third-order valence-corrected chi connectivity index (χ3v) is 4.69. The predicted molar refractivity (Wildman–Crippen MR) is 69.4 cm³/mol. The van der Waals surface area contributed by atoms with E-state index in [2.05, 4.69) is 53.8 Å². The van der Waals surface area contributed by atoms with Crippen molar-refractivity contribution in [1.82, 2.24) is 4.98 Å². The van der Waals surface area contributed by atoms with E-state index in [0.717, 1.165) is 5.92 Å². The topological polar surface area (TPSA) is 12.9 Å². The molecule has 0 fully saturated rings. The van der Waals surface area contributed by atoms with Crippen molar-refractivity contribution in [3.8, 4) is 0 Å². The van der Waals surface area contributed by atoms with E-state index < -0.39 is 0 Å². The molecule has 3 unspecified atom stereocenters. The number of hydrogen-bond acceptors (Lipinski definition) is 1. The summed E-state index contributed by atoms with van der Waals surface area (Å²) >= 11 is 3.83. The fraction of sp³-hybridized carbons (Fsp3) is 0.615. The molecule has 3 atom stereocenters. The number of halogens is 1. The van der Waals surface area contributed by atoms with Gasteiger partial charge in [0.25, 0.3) is 0 Å². The van der Waals surface area contributed by atoms with Crippen LogP contribution in [0, 0.1) is 5.92 Å². The summed E-state index contributed by atoms with van der Waals surface area (Å²) in [6.07, 6.45) is 6.28. The van der Waals surface area contributed by atoms with Crippen LogP contribution in [-0.4, -0.2) is 9.81 Å². The van der Waals surface area contributed by atoms with Gasteiger partial charge in [0, 0.05) is 17.2 Å². The lowest BCUT2D eigenvalue weighted by atomic mass is 9.89. The van der Waals surface area contributed by atoms with Crippen molar-refractivity contribution >= 4 is 15.9 Å². The second kappa shape index (κ2) is 6.26. The second-order valence-corrected chi connectivity index (χ2v) is 5.34. The molecule has 0 radical (unpaired) electrons. The lowest BCUT2D eigenvalue weighted by molar-refractivity contribution is 0.469. The number of alkyl halides is 1. The van der Waals surface area contributed by atoms with Crippen LogP contribution in [0.25, 0.3) is 0 Å². The molecule has 0 bridgehead atoms. The highest BCUT2D eigenvalue weighted by atomic mass is 79.9. The summed E-state index contributed by atoms with van der Waals surface area (Å²) in [5, 5.41) is 0. The molecule has 0 saturated carbocycles. The van der Waals surface area contributed by atoms with E-state index in [9.17, 15) is 0 Å². The van der Waals surface area contributed by atoms with Crippen LogP contribution >= 0.6 is 15.9 Å². The van der Waals surface area contributed by atoms with Gasteiger partial charge in [-0.25, -0.2) is 0 Å². The molecule has 1 rings (SSSR count). The van der Waals surface area contributed by atoms with E-state index in [1.807, 2.05) is 12.4 Å². The van der Waals surface area contributed by atoms with Crippen LogP contribution in [0.5, 0.6) is 0 Å². The summed E-state index contributed by atoms with van der Waals surface area (Å²) in [6.45, 7) is 6.84. The van der Waals surface area contributed by atoms with Gasteiger partial charge in [-0.05, 0) is 36.0 Å². The maximum absolute atomic E-state index is 4.05. The first kappa shape index (κ1) is 12.7. The summed E-state index contributed by atoms with van der Waals surface area (Å²) in [5.41, 5.74) is 1.37. The molecular formula is C13H20BrN. The van der Waals surface area contributed by atoms with Gasteiger partial charge < -0.3 is 0 Å². The molecule has 1 aromatic rings. The van der Waals surface area contributed by atoms with Crippen LogP contribution in [0.4, 0.5) is 0 Å². The monoisotopic (exact) mass is 269 g/mol. The van der Waals surface area contributed by atoms with Crippen LogP contribution in [0.2, 0.25) is 0 Å².